The van der Waals surface area contributed by atoms with Crippen LogP contribution in [0.4, 0.5) is 5.69 Å². The van der Waals surface area contributed by atoms with Gasteiger partial charge in [-0.1, -0.05) is 42.5 Å². The first-order valence-electron chi connectivity index (χ1n) is 11.2. The predicted octanol–water partition coefficient (Wildman–Crippen LogP) is 4.26. The van der Waals surface area contributed by atoms with E-state index in [1.54, 1.807) is 12.1 Å². The monoisotopic (exact) mass is 443 g/mol. The Labute approximate surface area is 194 Å². The summed E-state index contributed by atoms with van der Waals surface area (Å²) in [4.78, 5) is 27.7. The Morgan fingerprint density at radius 1 is 0.879 bits per heavy atom. The maximum absolute atomic E-state index is 12.9. The highest BCUT2D eigenvalue weighted by molar-refractivity contribution is 6.04. The normalized spacial score (nSPS) is 14.9. The molecule has 6 nitrogen and oxygen atoms in total. The van der Waals surface area contributed by atoms with Crippen molar-refractivity contribution >= 4 is 17.5 Å². The maximum Gasteiger partial charge on any atom is 0.255 e. The Bertz CT molecular complexity index is 1090. The van der Waals surface area contributed by atoms with Crippen LogP contribution in [0.1, 0.15) is 44.8 Å². The Hall–Kier alpha value is -3.48. The highest BCUT2D eigenvalue weighted by Gasteiger charge is 2.15. The summed E-state index contributed by atoms with van der Waals surface area (Å²) in [5.74, 6) is -0.286. The molecule has 0 aliphatic carbocycles. The number of hydrogen-bond donors (Lipinski definition) is 2. The average Bonchev–Trinajstić information content (AvgIpc) is 2.85. The lowest BCUT2D eigenvalue weighted by atomic mass is 10.1. The van der Waals surface area contributed by atoms with Crippen molar-refractivity contribution in [2.45, 2.75) is 19.5 Å². The van der Waals surface area contributed by atoms with Crippen molar-refractivity contribution in [3.63, 3.8) is 0 Å². The van der Waals surface area contributed by atoms with E-state index in [0.717, 1.165) is 44.0 Å². The zero-order valence-corrected chi connectivity index (χ0v) is 18.8. The van der Waals surface area contributed by atoms with Gasteiger partial charge in [0, 0.05) is 36.4 Å². The van der Waals surface area contributed by atoms with Crippen LogP contribution in [0, 0.1) is 0 Å². The number of morpholine rings is 1. The van der Waals surface area contributed by atoms with E-state index < -0.39 is 0 Å². The first-order chi connectivity index (χ1) is 16.1. The zero-order valence-electron chi connectivity index (χ0n) is 18.8. The molecule has 0 bridgehead atoms. The van der Waals surface area contributed by atoms with Gasteiger partial charge in [-0.2, -0.15) is 0 Å². The fraction of sp³-hybridized carbons (Fsp3) is 0.259. The molecule has 1 unspecified atom stereocenters. The van der Waals surface area contributed by atoms with Crippen molar-refractivity contribution in [2.24, 2.45) is 0 Å². The molecule has 0 spiro atoms. The molecule has 1 heterocycles. The molecule has 0 aromatic heterocycles. The summed E-state index contributed by atoms with van der Waals surface area (Å²) in [6.07, 6.45) is 0. The lowest BCUT2D eigenvalue weighted by molar-refractivity contribution is 0.0342. The van der Waals surface area contributed by atoms with Crippen molar-refractivity contribution < 1.29 is 14.3 Å². The number of rotatable bonds is 7. The molecular weight excluding hydrogens is 414 g/mol. The molecule has 2 amide bonds. The third kappa shape index (κ3) is 6.28. The highest BCUT2D eigenvalue weighted by atomic mass is 16.5. The fourth-order valence-electron chi connectivity index (χ4n) is 3.87. The van der Waals surface area contributed by atoms with E-state index in [0.29, 0.717) is 16.8 Å². The van der Waals surface area contributed by atoms with Gasteiger partial charge in [-0.25, -0.2) is 0 Å². The smallest absolute Gasteiger partial charge is 0.255 e. The third-order valence-corrected chi connectivity index (χ3v) is 5.73. The minimum Gasteiger partial charge on any atom is -0.379 e. The molecule has 1 aliphatic heterocycles. The van der Waals surface area contributed by atoms with Crippen molar-refractivity contribution in [3.8, 4) is 0 Å². The molecule has 1 aliphatic rings. The van der Waals surface area contributed by atoms with Gasteiger partial charge in [-0.3, -0.25) is 14.5 Å². The molecule has 1 fully saturated rings. The second-order valence-electron chi connectivity index (χ2n) is 8.23. The molecule has 1 atom stereocenters. The van der Waals surface area contributed by atoms with E-state index >= 15 is 0 Å². The number of carbonyl (C=O) groups is 2. The predicted molar refractivity (Wildman–Crippen MR) is 129 cm³/mol. The number of nitrogens with one attached hydrogen (secondary N) is 2. The quantitative estimate of drug-likeness (QED) is 0.572. The Balaban J connectivity index is 1.38. The number of benzene rings is 3. The molecule has 0 saturated carbocycles. The van der Waals surface area contributed by atoms with Crippen molar-refractivity contribution in [3.05, 3.63) is 101 Å². The number of carbonyl (C=O) groups excluding carboxylic acids is 2. The largest absolute Gasteiger partial charge is 0.379 e. The van der Waals surface area contributed by atoms with E-state index in [-0.39, 0.29) is 17.9 Å². The zero-order chi connectivity index (χ0) is 23.0. The van der Waals surface area contributed by atoms with Crippen LogP contribution in [0.25, 0.3) is 0 Å². The summed E-state index contributed by atoms with van der Waals surface area (Å²) in [6.45, 7) is 6.07. The first kappa shape index (κ1) is 22.7. The Morgan fingerprint density at radius 3 is 2.39 bits per heavy atom. The molecule has 0 radical (unpaired) electrons. The lowest BCUT2D eigenvalue weighted by Crippen LogP contribution is -2.35. The minimum atomic E-state index is -0.214. The van der Waals surface area contributed by atoms with Gasteiger partial charge < -0.3 is 15.4 Å². The summed E-state index contributed by atoms with van der Waals surface area (Å²) in [7, 11) is 0. The van der Waals surface area contributed by atoms with Crippen molar-refractivity contribution in [2.75, 3.05) is 31.6 Å². The SMILES string of the molecule is CC(NC(=O)c1cccc(CN2CCOCC2)c1)c1cccc(NC(=O)c2ccccc2)c1. The third-order valence-electron chi connectivity index (χ3n) is 5.73. The molecule has 170 valence electrons. The molecule has 2 N–H and O–H groups in total. The Morgan fingerprint density at radius 2 is 1.61 bits per heavy atom. The van der Waals surface area contributed by atoms with Crippen LogP contribution >= 0.6 is 0 Å². The molecule has 4 rings (SSSR count). The lowest BCUT2D eigenvalue weighted by Gasteiger charge is -2.26. The summed E-state index contributed by atoms with van der Waals surface area (Å²) in [5, 5.41) is 5.99. The molecule has 3 aromatic rings. The standard InChI is InChI=1S/C27H29N3O3/c1-20(23-10-6-12-25(18-23)29-26(31)22-8-3-2-4-9-22)28-27(32)24-11-5-7-21(17-24)19-30-13-15-33-16-14-30/h2-12,17-18,20H,13-16,19H2,1H3,(H,28,32)(H,29,31). The van der Waals surface area contributed by atoms with Crippen LogP contribution < -0.4 is 10.6 Å². The van der Waals surface area contributed by atoms with Gasteiger partial charge >= 0.3 is 0 Å². The average molecular weight is 444 g/mol. The molecule has 3 aromatic carbocycles. The number of anilines is 1. The topological polar surface area (TPSA) is 70.7 Å². The fourth-order valence-corrected chi connectivity index (χ4v) is 3.87. The second-order valence-corrected chi connectivity index (χ2v) is 8.23. The summed E-state index contributed by atoms with van der Waals surface area (Å²) in [5.41, 5.74) is 3.96. The van der Waals surface area contributed by atoms with Crippen LogP contribution in [-0.4, -0.2) is 43.0 Å². The van der Waals surface area contributed by atoms with E-state index in [1.165, 1.54) is 0 Å². The Kier molecular flexibility index (Phi) is 7.50. The maximum atomic E-state index is 12.9. The van der Waals surface area contributed by atoms with Crippen LogP contribution in [0.15, 0.2) is 78.9 Å². The van der Waals surface area contributed by atoms with E-state index in [9.17, 15) is 9.59 Å². The van der Waals surface area contributed by atoms with Crippen LogP contribution in [0.5, 0.6) is 0 Å². The molecule has 1 saturated heterocycles. The van der Waals surface area contributed by atoms with Crippen LogP contribution in [-0.2, 0) is 11.3 Å². The number of amides is 2. The molecule has 6 heteroatoms. The second kappa shape index (κ2) is 10.9. The van der Waals surface area contributed by atoms with Gasteiger partial charge in [0.1, 0.15) is 0 Å². The van der Waals surface area contributed by atoms with Gasteiger partial charge in [0.05, 0.1) is 19.3 Å². The highest BCUT2D eigenvalue weighted by Crippen LogP contribution is 2.19. The molecule has 33 heavy (non-hydrogen) atoms. The van der Waals surface area contributed by atoms with E-state index in [2.05, 4.69) is 21.6 Å². The van der Waals surface area contributed by atoms with Gasteiger partial charge in [0.15, 0.2) is 0 Å². The number of nitrogens with zero attached hydrogens (tertiary/aromatic N) is 1. The summed E-state index contributed by atoms with van der Waals surface area (Å²) < 4.78 is 5.41. The molecular formula is C27H29N3O3. The number of hydrogen-bond acceptors (Lipinski definition) is 4. The van der Waals surface area contributed by atoms with Crippen molar-refractivity contribution in [1.82, 2.24) is 10.2 Å². The summed E-state index contributed by atoms with van der Waals surface area (Å²) >= 11 is 0. The van der Waals surface area contributed by atoms with Gasteiger partial charge in [0.25, 0.3) is 11.8 Å². The van der Waals surface area contributed by atoms with Crippen molar-refractivity contribution in [1.29, 1.82) is 0 Å². The van der Waals surface area contributed by atoms with Gasteiger partial charge in [-0.05, 0) is 54.4 Å². The van der Waals surface area contributed by atoms with E-state index in [4.69, 9.17) is 4.74 Å². The van der Waals surface area contributed by atoms with Gasteiger partial charge in [-0.15, -0.1) is 0 Å². The first-order valence-corrected chi connectivity index (χ1v) is 11.2. The van der Waals surface area contributed by atoms with E-state index in [1.807, 2.05) is 67.6 Å². The van der Waals surface area contributed by atoms with Gasteiger partial charge in [0.2, 0.25) is 0 Å². The number of ether oxygens (including phenoxy) is 1. The minimum absolute atomic E-state index is 0.120. The van der Waals surface area contributed by atoms with Crippen LogP contribution in [0.3, 0.4) is 0 Å². The van der Waals surface area contributed by atoms with Crippen LogP contribution in [0.2, 0.25) is 0 Å². The summed E-state index contributed by atoms with van der Waals surface area (Å²) in [6, 6.07) is 24.2.